The van der Waals surface area contributed by atoms with Gasteiger partial charge in [-0.1, -0.05) is 79.3 Å². The van der Waals surface area contributed by atoms with Gasteiger partial charge in [-0.15, -0.1) is 0 Å². The van der Waals surface area contributed by atoms with Crippen molar-refractivity contribution >= 4 is 55.1 Å². The quantitative estimate of drug-likeness (QED) is 0.466. The number of hydrogen-bond donors (Lipinski definition) is 0. The highest BCUT2D eigenvalue weighted by molar-refractivity contribution is 9.10. The first kappa shape index (κ1) is 16.4. The average Bonchev–Trinajstić information content (AvgIpc) is 2.44. The van der Waals surface area contributed by atoms with E-state index < -0.39 is 0 Å². The first-order valence-corrected chi connectivity index (χ1v) is 9.01. The molecule has 2 aromatic carbocycles. The van der Waals surface area contributed by atoms with Gasteiger partial charge in [-0.05, 0) is 48.1 Å². The maximum absolute atomic E-state index is 6.26. The van der Waals surface area contributed by atoms with Gasteiger partial charge in [-0.3, -0.25) is 0 Å². The van der Waals surface area contributed by atoms with E-state index in [1.807, 2.05) is 24.3 Å². The molecule has 0 spiro atoms. The van der Waals surface area contributed by atoms with Crippen molar-refractivity contribution in [3.8, 4) is 0 Å². The zero-order valence-electron chi connectivity index (χ0n) is 10.8. The smallest absolute Gasteiger partial charge is 0.0452 e. The monoisotopic (exact) mass is 434 g/mol. The summed E-state index contributed by atoms with van der Waals surface area (Å²) >= 11 is 19.7. The van der Waals surface area contributed by atoms with Crippen molar-refractivity contribution in [2.75, 3.05) is 5.33 Å². The van der Waals surface area contributed by atoms with Gasteiger partial charge in [0.05, 0.1) is 0 Å². The summed E-state index contributed by atoms with van der Waals surface area (Å²) in [6.45, 7) is 0. The summed E-state index contributed by atoms with van der Waals surface area (Å²) in [5, 5.41) is 2.40. The van der Waals surface area contributed by atoms with Crippen molar-refractivity contribution in [3.63, 3.8) is 0 Å². The van der Waals surface area contributed by atoms with Crippen molar-refractivity contribution in [3.05, 3.63) is 68.1 Å². The van der Waals surface area contributed by atoms with Crippen LogP contribution in [0.25, 0.3) is 0 Å². The molecule has 0 amide bonds. The van der Waals surface area contributed by atoms with Crippen LogP contribution in [0.3, 0.4) is 0 Å². The summed E-state index contributed by atoms with van der Waals surface area (Å²) in [4.78, 5) is 0. The zero-order valence-corrected chi connectivity index (χ0v) is 15.4. The Bertz CT molecular complexity index is 564. The molecule has 0 nitrogen and oxygen atoms in total. The van der Waals surface area contributed by atoms with Crippen LogP contribution in [0.5, 0.6) is 0 Å². The van der Waals surface area contributed by atoms with Crippen LogP contribution >= 0.6 is 55.1 Å². The summed E-state index contributed by atoms with van der Waals surface area (Å²) < 4.78 is 1.15. The molecule has 0 N–H and O–H groups in total. The minimum absolute atomic E-state index is 0.450. The fourth-order valence-corrected chi connectivity index (χ4v) is 3.63. The highest BCUT2D eigenvalue weighted by Gasteiger charge is 2.15. The van der Waals surface area contributed by atoms with Crippen LogP contribution < -0.4 is 0 Å². The van der Waals surface area contributed by atoms with Crippen molar-refractivity contribution in [2.24, 2.45) is 5.92 Å². The number of benzene rings is 2. The van der Waals surface area contributed by atoms with Gasteiger partial charge < -0.3 is 0 Å². The van der Waals surface area contributed by atoms with Crippen molar-refractivity contribution in [2.45, 2.75) is 12.8 Å². The minimum Gasteiger partial charge on any atom is -0.0925 e. The molecule has 0 saturated heterocycles. The molecule has 0 heterocycles. The zero-order chi connectivity index (χ0) is 14.5. The molecule has 1 atom stereocenters. The molecule has 0 saturated carbocycles. The van der Waals surface area contributed by atoms with Gasteiger partial charge in [0.1, 0.15) is 0 Å². The highest BCUT2D eigenvalue weighted by atomic mass is 79.9. The Balaban J connectivity index is 2.16. The molecule has 1 unspecified atom stereocenters. The van der Waals surface area contributed by atoms with E-state index in [1.165, 1.54) is 5.56 Å². The Morgan fingerprint density at radius 2 is 1.55 bits per heavy atom. The summed E-state index contributed by atoms with van der Waals surface area (Å²) in [7, 11) is 0. The van der Waals surface area contributed by atoms with Crippen molar-refractivity contribution in [1.82, 2.24) is 0 Å². The van der Waals surface area contributed by atoms with Crippen LogP contribution in [-0.4, -0.2) is 5.33 Å². The van der Waals surface area contributed by atoms with E-state index in [4.69, 9.17) is 23.2 Å². The van der Waals surface area contributed by atoms with Gasteiger partial charge in [-0.2, -0.15) is 0 Å². The first-order valence-electron chi connectivity index (χ1n) is 6.34. The van der Waals surface area contributed by atoms with Crippen LogP contribution in [0.1, 0.15) is 11.1 Å². The lowest BCUT2D eigenvalue weighted by molar-refractivity contribution is 0.590. The number of hydrogen-bond acceptors (Lipinski definition) is 0. The van der Waals surface area contributed by atoms with E-state index >= 15 is 0 Å². The van der Waals surface area contributed by atoms with E-state index in [1.54, 1.807) is 0 Å². The van der Waals surface area contributed by atoms with Crippen LogP contribution in [-0.2, 0) is 12.8 Å². The van der Waals surface area contributed by atoms with E-state index in [0.29, 0.717) is 5.92 Å². The van der Waals surface area contributed by atoms with Gasteiger partial charge in [0.25, 0.3) is 0 Å². The minimum atomic E-state index is 0.450. The second-order valence-electron chi connectivity index (χ2n) is 4.72. The molecule has 0 aliphatic heterocycles. The Kier molecular flexibility index (Phi) is 6.41. The van der Waals surface area contributed by atoms with Gasteiger partial charge >= 0.3 is 0 Å². The summed E-state index contributed by atoms with van der Waals surface area (Å²) in [5.41, 5.74) is 2.34. The lowest BCUT2D eigenvalue weighted by atomic mass is 9.94. The maximum Gasteiger partial charge on any atom is 0.0452 e. The summed E-state index contributed by atoms with van der Waals surface area (Å²) in [5.74, 6) is 0.450. The SMILES string of the molecule is Clc1cccc(Cl)c1CC(CBr)Cc1ccccc1Br. The molecule has 20 heavy (non-hydrogen) atoms. The lowest BCUT2D eigenvalue weighted by Crippen LogP contribution is -2.11. The molecule has 0 fully saturated rings. The van der Waals surface area contributed by atoms with E-state index in [2.05, 4.69) is 50.1 Å². The van der Waals surface area contributed by atoms with Crippen molar-refractivity contribution in [1.29, 1.82) is 0 Å². The molecule has 0 radical (unpaired) electrons. The second-order valence-corrected chi connectivity index (χ2v) is 7.04. The highest BCUT2D eigenvalue weighted by Crippen LogP contribution is 2.29. The average molecular weight is 437 g/mol. The largest absolute Gasteiger partial charge is 0.0925 e. The second kappa shape index (κ2) is 7.84. The third-order valence-electron chi connectivity index (χ3n) is 3.24. The predicted octanol–water partition coefficient (Wildman–Crippen LogP) is 6.55. The Morgan fingerprint density at radius 1 is 0.900 bits per heavy atom. The molecule has 106 valence electrons. The van der Waals surface area contributed by atoms with Gasteiger partial charge in [-0.25, -0.2) is 0 Å². The molecule has 4 heteroatoms. The van der Waals surface area contributed by atoms with Crippen molar-refractivity contribution < 1.29 is 0 Å². The Morgan fingerprint density at radius 3 is 2.15 bits per heavy atom. The lowest BCUT2D eigenvalue weighted by Gasteiger charge is -2.17. The van der Waals surface area contributed by atoms with Crippen LogP contribution in [0.4, 0.5) is 0 Å². The Hall–Kier alpha value is -0.0200. The molecule has 0 aliphatic carbocycles. The third-order valence-corrected chi connectivity index (χ3v) is 5.64. The number of halogens is 4. The molecule has 0 aliphatic rings. The molecular weight excluding hydrogens is 423 g/mol. The predicted molar refractivity (Wildman–Crippen MR) is 95.3 cm³/mol. The van der Waals surface area contributed by atoms with Gasteiger partial charge in [0, 0.05) is 19.8 Å². The van der Waals surface area contributed by atoms with E-state index in [0.717, 1.165) is 38.3 Å². The van der Waals surface area contributed by atoms with E-state index in [-0.39, 0.29) is 0 Å². The Labute approximate surface area is 146 Å². The molecule has 2 aromatic rings. The fourth-order valence-electron chi connectivity index (χ4n) is 2.17. The van der Waals surface area contributed by atoms with E-state index in [9.17, 15) is 0 Å². The third kappa shape index (κ3) is 4.24. The normalized spacial score (nSPS) is 12.4. The van der Waals surface area contributed by atoms with Crippen LogP contribution in [0, 0.1) is 5.92 Å². The molecular formula is C16H14Br2Cl2. The number of alkyl halides is 1. The standard InChI is InChI=1S/C16H14Br2Cl2/c17-10-11(8-12-4-1-2-5-14(12)18)9-13-15(19)6-3-7-16(13)20/h1-7,11H,8-10H2. The summed E-state index contributed by atoms with van der Waals surface area (Å²) in [6, 6.07) is 14.0. The maximum atomic E-state index is 6.26. The first-order chi connectivity index (χ1) is 9.61. The molecule has 0 bridgehead atoms. The van der Waals surface area contributed by atoms with Gasteiger partial charge in [0.2, 0.25) is 0 Å². The van der Waals surface area contributed by atoms with Crippen LogP contribution in [0.15, 0.2) is 46.9 Å². The number of rotatable bonds is 5. The fraction of sp³-hybridized carbons (Fsp3) is 0.250. The summed E-state index contributed by atoms with van der Waals surface area (Å²) in [6.07, 6.45) is 1.85. The van der Waals surface area contributed by atoms with Gasteiger partial charge in [0.15, 0.2) is 0 Å². The topological polar surface area (TPSA) is 0 Å². The molecule has 2 rings (SSSR count). The van der Waals surface area contributed by atoms with Crippen LogP contribution in [0.2, 0.25) is 10.0 Å². The molecule has 0 aromatic heterocycles.